The van der Waals surface area contributed by atoms with Gasteiger partial charge in [-0.3, -0.25) is 0 Å². The zero-order chi connectivity index (χ0) is 15.2. The fraction of sp³-hybridized carbons (Fsp3) is 0.267. The number of nitriles is 1. The zero-order valence-corrected chi connectivity index (χ0v) is 12.7. The van der Waals surface area contributed by atoms with Crippen LogP contribution in [0.25, 0.3) is 0 Å². The Balaban J connectivity index is 1.97. The molecule has 1 aromatic heterocycles. The lowest BCUT2D eigenvalue weighted by Gasteiger charge is -2.09. The average molecular weight is 300 g/mol. The number of thioether (sulfide) groups is 1. The minimum atomic E-state index is 0.167. The molecule has 0 unspecified atom stereocenters. The van der Waals surface area contributed by atoms with Crippen LogP contribution in [0, 0.1) is 11.3 Å². The number of nitrogens with zero attached hydrogens (tertiary/aromatic N) is 3. The normalized spacial score (nSPS) is 10.4. The molecule has 5 nitrogen and oxygen atoms in total. The Morgan fingerprint density at radius 1 is 1.33 bits per heavy atom. The SMILES string of the molecule is CC(C)Oc1ccc(CSc2ncc(C#N)c(N)n2)cc1. The lowest BCUT2D eigenvalue weighted by Crippen LogP contribution is -2.05. The van der Waals surface area contributed by atoms with Crippen LogP contribution >= 0.6 is 11.8 Å². The number of benzene rings is 1. The van der Waals surface area contributed by atoms with E-state index in [2.05, 4.69) is 9.97 Å². The van der Waals surface area contributed by atoms with Crippen LogP contribution in [0.5, 0.6) is 5.75 Å². The highest BCUT2D eigenvalue weighted by molar-refractivity contribution is 7.98. The lowest BCUT2D eigenvalue weighted by molar-refractivity contribution is 0.242. The summed E-state index contributed by atoms with van der Waals surface area (Å²) in [4.78, 5) is 8.21. The van der Waals surface area contributed by atoms with E-state index in [0.717, 1.165) is 17.1 Å². The molecule has 108 valence electrons. The van der Waals surface area contributed by atoms with Gasteiger partial charge in [0.25, 0.3) is 0 Å². The van der Waals surface area contributed by atoms with Crippen molar-refractivity contribution in [2.24, 2.45) is 0 Å². The van der Waals surface area contributed by atoms with Crippen molar-refractivity contribution in [3.8, 4) is 11.8 Å². The fourth-order valence-corrected chi connectivity index (χ4v) is 2.40. The van der Waals surface area contributed by atoms with Crippen LogP contribution in [0.3, 0.4) is 0 Å². The van der Waals surface area contributed by atoms with Gasteiger partial charge in [0.15, 0.2) is 5.16 Å². The van der Waals surface area contributed by atoms with Crippen LogP contribution in [0.15, 0.2) is 35.6 Å². The van der Waals surface area contributed by atoms with Crippen molar-refractivity contribution in [2.75, 3.05) is 5.73 Å². The number of aromatic nitrogens is 2. The second-order valence-electron chi connectivity index (χ2n) is 4.66. The summed E-state index contributed by atoms with van der Waals surface area (Å²) in [6, 6.07) is 9.86. The van der Waals surface area contributed by atoms with Crippen LogP contribution in [-0.4, -0.2) is 16.1 Å². The van der Waals surface area contributed by atoms with Crippen LogP contribution in [0.1, 0.15) is 25.0 Å². The Kier molecular flexibility index (Phi) is 5.01. The smallest absolute Gasteiger partial charge is 0.189 e. The van der Waals surface area contributed by atoms with Crippen molar-refractivity contribution < 1.29 is 4.74 Å². The van der Waals surface area contributed by atoms with E-state index in [1.165, 1.54) is 18.0 Å². The second-order valence-corrected chi connectivity index (χ2v) is 5.61. The molecule has 1 aromatic carbocycles. The number of rotatable bonds is 5. The number of nitrogens with two attached hydrogens (primary N) is 1. The molecular weight excluding hydrogens is 284 g/mol. The molecule has 0 fully saturated rings. The zero-order valence-electron chi connectivity index (χ0n) is 11.9. The third-order valence-electron chi connectivity index (χ3n) is 2.58. The molecule has 0 aliphatic heterocycles. The summed E-state index contributed by atoms with van der Waals surface area (Å²) < 4.78 is 5.59. The van der Waals surface area contributed by atoms with Gasteiger partial charge in [-0.2, -0.15) is 5.26 Å². The average Bonchev–Trinajstić information content (AvgIpc) is 2.46. The highest BCUT2D eigenvalue weighted by Gasteiger charge is 2.05. The van der Waals surface area contributed by atoms with Gasteiger partial charge in [0, 0.05) is 5.75 Å². The minimum Gasteiger partial charge on any atom is -0.491 e. The predicted octanol–water partition coefficient (Wildman–Crippen LogP) is 3.01. The Labute approximate surface area is 128 Å². The van der Waals surface area contributed by atoms with E-state index in [0.29, 0.717) is 10.7 Å². The Bertz CT molecular complexity index is 650. The molecule has 2 aromatic rings. The summed E-state index contributed by atoms with van der Waals surface area (Å²) in [5.41, 5.74) is 7.11. The van der Waals surface area contributed by atoms with E-state index in [1.54, 1.807) is 0 Å². The van der Waals surface area contributed by atoms with Crippen molar-refractivity contribution in [3.05, 3.63) is 41.6 Å². The quantitative estimate of drug-likeness (QED) is 0.675. The number of hydrogen-bond donors (Lipinski definition) is 1. The van der Waals surface area contributed by atoms with E-state index < -0.39 is 0 Å². The summed E-state index contributed by atoms with van der Waals surface area (Å²) in [6.07, 6.45) is 1.62. The number of nitrogen functional groups attached to an aromatic ring is 1. The molecule has 2 rings (SSSR count). The molecule has 0 aliphatic carbocycles. The van der Waals surface area contributed by atoms with Crippen molar-refractivity contribution >= 4 is 17.6 Å². The van der Waals surface area contributed by atoms with Gasteiger partial charge in [-0.15, -0.1) is 0 Å². The van der Waals surface area contributed by atoms with E-state index in [4.69, 9.17) is 15.7 Å². The van der Waals surface area contributed by atoms with Gasteiger partial charge in [0.1, 0.15) is 23.2 Å². The third-order valence-corrected chi connectivity index (χ3v) is 3.51. The molecule has 6 heteroatoms. The molecule has 0 bridgehead atoms. The Morgan fingerprint density at radius 2 is 2.05 bits per heavy atom. The highest BCUT2D eigenvalue weighted by atomic mass is 32.2. The summed E-state index contributed by atoms with van der Waals surface area (Å²) >= 11 is 1.47. The monoisotopic (exact) mass is 300 g/mol. The largest absolute Gasteiger partial charge is 0.491 e. The van der Waals surface area contributed by atoms with Crippen LogP contribution in [-0.2, 0) is 5.75 Å². The summed E-state index contributed by atoms with van der Waals surface area (Å²) in [5, 5.41) is 9.34. The number of ether oxygens (including phenoxy) is 1. The first-order valence-corrected chi connectivity index (χ1v) is 7.48. The molecule has 0 saturated carbocycles. The molecule has 1 heterocycles. The first kappa shape index (κ1) is 15.1. The van der Waals surface area contributed by atoms with E-state index in [1.807, 2.05) is 44.2 Å². The molecule has 21 heavy (non-hydrogen) atoms. The third kappa shape index (κ3) is 4.36. The standard InChI is InChI=1S/C15H16N4OS/c1-10(2)20-13-5-3-11(4-6-13)9-21-15-18-8-12(7-16)14(17)19-15/h3-6,8,10H,9H2,1-2H3,(H2,17,18,19). The van der Waals surface area contributed by atoms with Gasteiger partial charge in [-0.1, -0.05) is 23.9 Å². The van der Waals surface area contributed by atoms with Gasteiger partial charge in [0.05, 0.1) is 12.3 Å². The molecule has 0 spiro atoms. The predicted molar refractivity (Wildman–Crippen MR) is 82.9 cm³/mol. The van der Waals surface area contributed by atoms with Crippen LogP contribution in [0.2, 0.25) is 0 Å². The summed E-state index contributed by atoms with van der Waals surface area (Å²) in [6.45, 7) is 3.99. The van der Waals surface area contributed by atoms with Gasteiger partial charge in [-0.05, 0) is 31.5 Å². The summed E-state index contributed by atoms with van der Waals surface area (Å²) in [7, 11) is 0. The Hall–Kier alpha value is -2.26. The van der Waals surface area contributed by atoms with Crippen molar-refractivity contribution in [1.82, 2.24) is 9.97 Å². The maximum Gasteiger partial charge on any atom is 0.189 e. The fourth-order valence-electron chi connectivity index (χ4n) is 1.62. The maximum absolute atomic E-state index is 8.78. The Morgan fingerprint density at radius 3 is 2.62 bits per heavy atom. The molecule has 0 saturated heterocycles. The lowest BCUT2D eigenvalue weighted by atomic mass is 10.2. The first-order chi connectivity index (χ1) is 10.1. The number of hydrogen-bond acceptors (Lipinski definition) is 6. The van der Waals surface area contributed by atoms with Gasteiger partial charge >= 0.3 is 0 Å². The molecule has 0 amide bonds. The topological polar surface area (TPSA) is 84.8 Å². The van der Waals surface area contributed by atoms with E-state index >= 15 is 0 Å². The van der Waals surface area contributed by atoms with Crippen molar-refractivity contribution in [3.63, 3.8) is 0 Å². The van der Waals surface area contributed by atoms with E-state index in [-0.39, 0.29) is 11.9 Å². The molecule has 0 atom stereocenters. The minimum absolute atomic E-state index is 0.167. The second kappa shape index (κ2) is 6.95. The van der Waals surface area contributed by atoms with Gasteiger partial charge < -0.3 is 10.5 Å². The van der Waals surface area contributed by atoms with Gasteiger partial charge in [0.2, 0.25) is 0 Å². The molecule has 2 N–H and O–H groups in total. The van der Waals surface area contributed by atoms with E-state index in [9.17, 15) is 0 Å². The van der Waals surface area contributed by atoms with Crippen molar-refractivity contribution in [1.29, 1.82) is 5.26 Å². The van der Waals surface area contributed by atoms with Crippen molar-refractivity contribution in [2.45, 2.75) is 30.9 Å². The van der Waals surface area contributed by atoms with Crippen LogP contribution < -0.4 is 10.5 Å². The van der Waals surface area contributed by atoms with Crippen LogP contribution in [0.4, 0.5) is 5.82 Å². The molecular formula is C15H16N4OS. The summed E-state index contributed by atoms with van der Waals surface area (Å²) in [5.74, 6) is 1.81. The van der Waals surface area contributed by atoms with Gasteiger partial charge in [-0.25, -0.2) is 9.97 Å². The first-order valence-electron chi connectivity index (χ1n) is 6.49. The molecule has 0 radical (unpaired) electrons. The highest BCUT2D eigenvalue weighted by Crippen LogP contribution is 2.22. The maximum atomic E-state index is 8.78. The molecule has 0 aliphatic rings. The number of anilines is 1.